The van der Waals surface area contributed by atoms with Crippen molar-refractivity contribution in [1.29, 1.82) is 0 Å². The van der Waals surface area contributed by atoms with Crippen LogP contribution in [-0.4, -0.2) is 16.7 Å². The molecule has 1 aromatic carbocycles. The number of carboxylic acid groups (broad SMARTS) is 1. The van der Waals surface area contributed by atoms with Crippen molar-refractivity contribution < 1.29 is 14.6 Å². The van der Waals surface area contributed by atoms with Crippen molar-refractivity contribution in [2.45, 2.75) is 38.4 Å². The van der Waals surface area contributed by atoms with Gasteiger partial charge in [-0.25, -0.2) is 0 Å². The van der Waals surface area contributed by atoms with E-state index < -0.39 is 5.97 Å². The smallest absolute Gasteiger partial charge is 0.303 e. The summed E-state index contributed by atoms with van der Waals surface area (Å²) in [6, 6.07) is 8.37. The van der Waals surface area contributed by atoms with E-state index in [4.69, 9.17) is 9.84 Å². The first-order chi connectivity index (χ1) is 11.1. The van der Waals surface area contributed by atoms with Crippen LogP contribution in [0.15, 0.2) is 53.4 Å². The number of aliphatic carboxylic acids is 1. The minimum Gasteiger partial charge on any atom is -0.481 e. The van der Waals surface area contributed by atoms with Gasteiger partial charge >= 0.3 is 5.97 Å². The van der Waals surface area contributed by atoms with E-state index >= 15 is 0 Å². The first-order valence-corrected chi connectivity index (χ1v) is 8.63. The summed E-state index contributed by atoms with van der Waals surface area (Å²) in [6.07, 6.45) is 7.68. The molecule has 1 unspecified atom stereocenters. The van der Waals surface area contributed by atoms with Crippen LogP contribution in [0.2, 0.25) is 0 Å². The third kappa shape index (κ3) is 3.89. The largest absolute Gasteiger partial charge is 0.481 e. The molecule has 1 aliphatic carbocycles. The minimum atomic E-state index is -0.756. The summed E-state index contributed by atoms with van der Waals surface area (Å²) in [5.41, 5.74) is 1.98. The third-order valence-corrected chi connectivity index (χ3v) is 5.18. The second-order valence-electron chi connectivity index (χ2n) is 6.07. The van der Waals surface area contributed by atoms with E-state index in [0.717, 1.165) is 12.0 Å². The monoisotopic (exact) mass is 328 g/mol. The number of rotatable bonds is 6. The lowest BCUT2D eigenvalue weighted by Gasteiger charge is -2.28. The summed E-state index contributed by atoms with van der Waals surface area (Å²) in [7, 11) is 0. The number of benzene rings is 1. The standard InChI is InChI=1S/C19H20O3S/c1-19(10-8-14(9-11-19)6-7-18(20)21)22-12-15-13-23-17-5-3-2-4-16(15)17/h2-5,8-10,13H,6-7,11-12H2,1H3,(H,20,21). The molecule has 0 saturated carbocycles. The molecule has 1 aromatic heterocycles. The number of carbonyl (C=O) groups is 1. The minimum absolute atomic E-state index is 0.175. The third-order valence-electron chi connectivity index (χ3n) is 4.17. The number of fused-ring (bicyclic) bond motifs is 1. The number of carboxylic acids is 1. The molecule has 23 heavy (non-hydrogen) atoms. The molecule has 3 rings (SSSR count). The average Bonchev–Trinajstić information content (AvgIpc) is 2.96. The van der Waals surface area contributed by atoms with Crippen LogP contribution < -0.4 is 0 Å². The zero-order valence-corrected chi connectivity index (χ0v) is 13.9. The molecule has 0 amide bonds. The summed E-state index contributed by atoms with van der Waals surface area (Å²) in [5.74, 6) is -0.756. The average molecular weight is 328 g/mol. The number of ether oxygens (including phenoxy) is 1. The molecule has 1 N–H and O–H groups in total. The maximum Gasteiger partial charge on any atom is 0.303 e. The van der Waals surface area contributed by atoms with Crippen molar-refractivity contribution in [2.24, 2.45) is 0 Å². The molecule has 120 valence electrons. The zero-order chi connectivity index (χ0) is 16.3. The van der Waals surface area contributed by atoms with E-state index in [9.17, 15) is 4.79 Å². The predicted octanol–water partition coefficient (Wildman–Crippen LogP) is 4.93. The number of allylic oxidation sites excluding steroid dienone is 2. The quantitative estimate of drug-likeness (QED) is 0.818. The van der Waals surface area contributed by atoms with Gasteiger partial charge in [-0.3, -0.25) is 4.79 Å². The van der Waals surface area contributed by atoms with Crippen molar-refractivity contribution in [3.63, 3.8) is 0 Å². The molecule has 2 aromatic rings. The number of thiophene rings is 1. The van der Waals surface area contributed by atoms with Crippen LogP contribution >= 0.6 is 11.3 Å². The Morgan fingerprint density at radius 3 is 2.96 bits per heavy atom. The van der Waals surface area contributed by atoms with Gasteiger partial charge in [0.2, 0.25) is 0 Å². The van der Waals surface area contributed by atoms with Crippen molar-refractivity contribution >= 4 is 27.4 Å². The normalized spacial score (nSPS) is 20.7. The highest BCUT2D eigenvalue weighted by Gasteiger charge is 2.24. The number of hydrogen-bond donors (Lipinski definition) is 1. The molecule has 0 fully saturated rings. The Labute approximate surface area is 139 Å². The first kappa shape index (κ1) is 16.0. The van der Waals surface area contributed by atoms with Crippen molar-refractivity contribution in [2.75, 3.05) is 0 Å². The van der Waals surface area contributed by atoms with Crippen molar-refractivity contribution in [1.82, 2.24) is 0 Å². The Hall–Kier alpha value is -1.91. The molecule has 4 heteroatoms. The molecule has 0 radical (unpaired) electrons. The zero-order valence-electron chi connectivity index (χ0n) is 13.1. The molecule has 1 aliphatic rings. The van der Waals surface area contributed by atoms with Crippen LogP contribution in [0.25, 0.3) is 10.1 Å². The van der Waals surface area contributed by atoms with Gasteiger partial charge in [0.15, 0.2) is 0 Å². The fourth-order valence-electron chi connectivity index (χ4n) is 2.68. The molecule has 3 nitrogen and oxygen atoms in total. The van der Waals surface area contributed by atoms with Gasteiger partial charge in [0.1, 0.15) is 0 Å². The van der Waals surface area contributed by atoms with Gasteiger partial charge in [-0.1, -0.05) is 42.0 Å². The fraction of sp³-hybridized carbons (Fsp3) is 0.316. The Morgan fingerprint density at radius 1 is 1.39 bits per heavy atom. The number of hydrogen-bond acceptors (Lipinski definition) is 3. The molecule has 1 heterocycles. The van der Waals surface area contributed by atoms with Crippen molar-refractivity contribution in [3.8, 4) is 0 Å². The second-order valence-corrected chi connectivity index (χ2v) is 6.98. The maximum absolute atomic E-state index is 10.6. The van der Waals surface area contributed by atoms with E-state index in [1.165, 1.54) is 15.6 Å². The molecule has 0 spiro atoms. The first-order valence-electron chi connectivity index (χ1n) is 7.75. The lowest BCUT2D eigenvalue weighted by molar-refractivity contribution is -0.136. The molecular formula is C19H20O3S. The second kappa shape index (κ2) is 6.69. The van der Waals surface area contributed by atoms with Crippen LogP contribution in [0.3, 0.4) is 0 Å². The Balaban J connectivity index is 1.61. The van der Waals surface area contributed by atoms with Crippen LogP contribution in [0.5, 0.6) is 0 Å². The van der Waals surface area contributed by atoms with Crippen LogP contribution in [0.4, 0.5) is 0 Å². The molecule has 0 saturated heterocycles. The Morgan fingerprint density at radius 2 is 2.22 bits per heavy atom. The Bertz CT molecular complexity index is 772. The lowest BCUT2D eigenvalue weighted by Crippen LogP contribution is -2.27. The highest BCUT2D eigenvalue weighted by molar-refractivity contribution is 7.17. The summed E-state index contributed by atoms with van der Waals surface area (Å²) in [5, 5.41) is 12.2. The van der Waals surface area contributed by atoms with Gasteiger partial charge in [-0.2, -0.15) is 0 Å². The van der Waals surface area contributed by atoms with E-state index in [1.54, 1.807) is 11.3 Å². The van der Waals surface area contributed by atoms with Gasteiger partial charge in [-0.05, 0) is 42.2 Å². The molecular weight excluding hydrogens is 308 g/mol. The highest BCUT2D eigenvalue weighted by Crippen LogP contribution is 2.30. The van der Waals surface area contributed by atoms with E-state index in [-0.39, 0.29) is 12.0 Å². The predicted molar refractivity (Wildman–Crippen MR) is 93.7 cm³/mol. The van der Waals surface area contributed by atoms with E-state index in [0.29, 0.717) is 13.0 Å². The van der Waals surface area contributed by atoms with Crippen LogP contribution in [-0.2, 0) is 16.1 Å². The van der Waals surface area contributed by atoms with Crippen LogP contribution in [0.1, 0.15) is 31.7 Å². The molecule has 1 atom stereocenters. The van der Waals surface area contributed by atoms with Gasteiger partial charge in [-0.15, -0.1) is 11.3 Å². The lowest BCUT2D eigenvalue weighted by atomic mass is 9.92. The SMILES string of the molecule is CC1(OCc2csc3ccccc23)C=CC(CCC(=O)O)=CC1. The summed E-state index contributed by atoms with van der Waals surface area (Å²) in [4.78, 5) is 10.6. The summed E-state index contributed by atoms with van der Waals surface area (Å²) in [6.45, 7) is 2.66. The summed E-state index contributed by atoms with van der Waals surface area (Å²) >= 11 is 1.74. The molecule has 0 bridgehead atoms. The fourth-order valence-corrected chi connectivity index (χ4v) is 3.63. The molecule has 0 aliphatic heterocycles. The summed E-state index contributed by atoms with van der Waals surface area (Å²) < 4.78 is 7.44. The van der Waals surface area contributed by atoms with Gasteiger partial charge < -0.3 is 9.84 Å². The van der Waals surface area contributed by atoms with E-state index in [1.807, 2.05) is 6.08 Å². The van der Waals surface area contributed by atoms with Gasteiger partial charge in [0.05, 0.1) is 12.2 Å². The van der Waals surface area contributed by atoms with Gasteiger partial charge in [0, 0.05) is 11.1 Å². The Kier molecular flexibility index (Phi) is 4.64. The highest BCUT2D eigenvalue weighted by atomic mass is 32.1. The van der Waals surface area contributed by atoms with Crippen molar-refractivity contribution in [3.05, 3.63) is 59.0 Å². The maximum atomic E-state index is 10.6. The van der Waals surface area contributed by atoms with Gasteiger partial charge in [0.25, 0.3) is 0 Å². The van der Waals surface area contributed by atoms with Crippen LogP contribution in [0, 0.1) is 0 Å². The topological polar surface area (TPSA) is 46.5 Å². The van der Waals surface area contributed by atoms with E-state index in [2.05, 4.69) is 48.7 Å².